The molecule has 1 aliphatic heterocycles. The van der Waals surface area contributed by atoms with Crippen molar-refractivity contribution in [2.75, 3.05) is 18.8 Å². The van der Waals surface area contributed by atoms with Crippen LogP contribution >= 0.6 is 34.7 Å². The van der Waals surface area contributed by atoms with Gasteiger partial charge in [-0.05, 0) is 48.2 Å². The first-order chi connectivity index (χ1) is 17.5. The van der Waals surface area contributed by atoms with E-state index in [2.05, 4.69) is 19.1 Å². The first-order valence-corrected chi connectivity index (χ1v) is 14.6. The van der Waals surface area contributed by atoms with Gasteiger partial charge in [-0.15, -0.1) is 11.3 Å². The number of quaternary nitrogens is 1. The van der Waals surface area contributed by atoms with E-state index in [1.165, 1.54) is 27.8 Å². The molecule has 4 aromatic rings. The van der Waals surface area contributed by atoms with Gasteiger partial charge in [0, 0.05) is 23.6 Å². The van der Waals surface area contributed by atoms with E-state index in [4.69, 9.17) is 16.6 Å². The number of ketones is 1. The Balaban J connectivity index is 1.48. The SMILES string of the molecule is CCC[NH+]1CCc2c(sc3nc(SCC(=O)c4ccc(Cl)cc4)n(CCc4ccccc4)c(=O)c23)C1. The predicted molar refractivity (Wildman–Crippen MR) is 149 cm³/mol. The lowest BCUT2D eigenvalue weighted by molar-refractivity contribution is -0.915. The van der Waals surface area contributed by atoms with Crippen molar-refractivity contribution in [3.63, 3.8) is 0 Å². The molecule has 5 rings (SSSR count). The highest BCUT2D eigenvalue weighted by Gasteiger charge is 2.27. The lowest BCUT2D eigenvalue weighted by Gasteiger charge is -2.23. The van der Waals surface area contributed by atoms with Crippen molar-refractivity contribution >= 4 is 50.7 Å². The number of nitrogens with one attached hydrogen (secondary N) is 1. The van der Waals surface area contributed by atoms with Crippen LogP contribution in [0.25, 0.3) is 10.2 Å². The maximum atomic E-state index is 13.9. The van der Waals surface area contributed by atoms with Gasteiger partial charge in [0.2, 0.25) is 0 Å². The Kier molecular flexibility index (Phi) is 7.91. The van der Waals surface area contributed by atoms with E-state index in [0.717, 1.165) is 49.1 Å². The third-order valence-electron chi connectivity index (χ3n) is 6.67. The molecule has 0 saturated carbocycles. The number of thiophene rings is 1. The predicted octanol–water partition coefficient (Wildman–Crippen LogP) is 4.68. The molecule has 8 heteroatoms. The summed E-state index contributed by atoms with van der Waals surface area (Å²) in [6.07, 6.45) is 2.80. The molecule has 1 atom stereocenters. The van der Waals surface area contributed by atoms with E-state index >= 15 is 0 Å². The van der Waals surface area contributed by atoms with E-state index in [-0.39, 0.29) is 17.1 Å². The van der Waals surface area contributed by atoms with Crippen LogP contribution in [0.5, 0.6) is 0 Å². The molecule has 2 aromatic carbocycles. The molecule has 1 N–H and O–H groups in total. The number of benzene rings is 2. The molecule has 186 valence electrons. The molecule has 2 aromatic heterocycles. The second kappa shape index (κ2) is 11.3. The van der Waals surface area contributed by atoms with E-state index in [9.17, 15) is 9.59 Å². The molecule has 36 heavy (non-hydrogen) atoms. The van der Waals surface area contributed by atoms with Crippen molar-refractivity contribution in [3.8, 4) is 0 Å². The lowest BCUT2D eigenvalue weighted by atomic mass is 10.1. The van der Waals surface area contributed by atoms with Crippen LogP contribution in [-0.4, -0.2) is 34.2 Å². The average molecular weight is 539 g/mol. The number of aromatic nitrogens is 2. The van der Waals surface area contributed by atoms with Crippen molar-refractivity contribution < 1.29 is 9.69 Å². The van der Waals surface area contributed by atoms with Gasteiger partial charge >= 0.3 is 0 Å². The number of halogens is 1. The molecular weight excluding hydrogens is 510 g/mol. The van der Waals surface area contributed by atoms with Crippen LogP contribution in [-0.2, 0) is 25.9 Å². The zero-order valence-corrected chi connectivity index (χ0v) is 22.6. The molecule has 0 saturated heterocycles. The first-order valence-electron chi connectivity index (χ1n) is 12.4. The second-order valence-electron chi connectivity index (χ2n) is 9.17. The molecule has 0 radical (unpaired) electrons. The van der Waals surface area contributed by atoms with Gasteiger partial charge < -0.3 is 4.90 Å². The Morgan fingerprint density at radius 3 is 2.69 bits per heavy atom. The normalized spacial score (nSPS) is 15.2. The van der Waals surface area contributed by atoms with Gasteiger partial charge in [0.15, 0.2) is 10.9 Å². The van der Waals surface area contributed by atoms with Crippen LogP contribution in [0, 0.1) is 0 Å². The highest BCUT2D eigenvalue weighted by Crippen LogP contribution is 2.31. The summed E-state index contributed by atoms with van der Waals surface area (Å²) in [6.45, 7) is 5.92. The molecule has 5 nitrogen and oxygen atoms in total. The summed E-state index contributed by atoms with van der Waals surface area (Å²) in [5.74, 6) is 0.203. The topological polar surface area (TPSA) is 56.4 Å². The van der Waals surface area contributed by atoms with E-state index in [1.807, 2.05) is 18.2 Å². The number of Topliss-reactive ketones (excluding diaryl/α,β-unsaturated/α-hetero) is 1. The number of carbonyl (C=O) groups excluding carboxylic acids is 1. The molecule has 1 unspecified atom stereocenters. The minimum Gasteiger partial charge on any atom is -0.330 e. The van der Waals surface area contributed by atoms with Gasteiger partial charge in [0.05, 0.1) is 29.1 Å². The van der Waals surface area contributed by atoms with Gasteiger partial charge in [-0.1, -0.05) is 60.6 Å². The quantitative estimate of drug-likeness (QED) is 0.191. The number of hydrogen-bond acceptors (Lipinski definition) is 5. The highest BCUT2D eigenvalue weighted by molar-refractivity contribution is 7.99. The molecular formula is C28H29ClN3O2S2+. The Hall–Kier alpha value is -2.45. The Morgan fingerprint density at radius 2 is 1.94 bits per heavy atom. The zero-order chi connectivity index (χ0) is 25.1. The monoisotopic (exact) mass is 538 g/mol. The van der Waals surface area contributed by atoms with Gasteiger partial charge in [0.1, 0.15) is 11.4 Å². The minimum atomic E-state index is -0.00935. The standard InChI is InChI=1S/C28H28ClN3O2S2/c1-2-14-31-15-13-22-24(17-31)36-26-25(22)27(34)32(16-12-19-6-4-3-5-7-19)28(30-26)35-18-23(33)20-8-10-21(29)11-9-20/h3-11H,2,12-18H2,1H3/p+1. The van der Waals surface area contributed by atoms with Gasteiger partial charge in [-0.2, -0.15) is 0 Å². The average Bonchev–Trinajstić information content (AvgIpc) is 3.26. The molecule has 0 amide bonds. The number of hydrogen-bond donors (Lipinski definition) is 1. The van der Waals surface area contributed by atoms with Crippen molar-refractivity contribution in [3.05, 3.63) is 91.5 Å². The van der Waals surface area contributed by atoms with Gasteiger partial charge in [0.25, 0.3) is 5.56 Å². The number of carbonyl (C=O) groups is 1. The molecule has 0 aliphatic carbocycles. The number of fused-ring (bicyclic) bond motifs is 3. The van der Waals surface area contributed by atoms with Crippen molar-refractivity contribution in [1.82, 2.24) is 9.55 Å². The first kappa shape index (κ1) is 25.2. The van der Waals surface area contributed by atoms with Crippen LogP contribution in [0.3, 0.4) is 0 Å². The van der Waals surface area contributed by atoms with Crippen LogP contribution in [0.4, 0.5) is 0 Å². The molecule has 0 spiro atoms. The van der Waals surface area contributed by atoms with Crippen LogP contribution in [0.1, 0.15) is 39.7 Å². The largest absolute Gasteiger partial charge is 0.330 e. The number of aryl methyl sites for hydroxylation is 1. The fourth-order valence-electron chi connectivity index (χ4n) is 4.80. The molecule has 3 heterocycles. The second-order valence-corrected chi connectivity index (χ2v) is 11.6. The third kappa shape index (κ3) is 5.44. The van der Waals surface area contributed by atoms with Crippen molar-refractivity contribution in [2.24, 2.45) is 0 Å². The number of nitrogens with zero attached hydrogens (tertiary/aromatic N) is 2. The summed E-state index contributed by atoms with van der Waals surface area (Å²) in [6, 6.07) is 17.1. The van der Waals surface area contributed by atoms with Crippen LogP contribution in [0.2, 0.25) is 5.02 Å². The van der Waals surface area contributed by atoms with E-state index < -0.39 is 0 Å². The Morgan fingerprint density at radius 1 is 1.17 bits per heavy atom. The molecule has 0 bridgehead atoms. The number of rotatable bonds is 9. The van der Waals surface area contributed by atoms with E-state index in [0.29, 0.717) is 22.3 Å². The zero-order valence-electron chi connectivity index (χ0n) is 20.3. The third-order valence-corrected chi connectivity index (χ3v) is 9.02. The summed E-state index contributed by atoms with van der Waals surface area (Å²) < 4.78 is 1.79. The summed E-state index contributed by atoms with van der Waals surface area (Å²) in [7, 11) is 0. The lowest BCUT2D eigenvalue weighted by Crippen LogP contribution is -3.11. The van der Waals surface area contributed by atoms with Crippen LogP contribution < -0.4 is 10.5 Å². The fourth-order valence-corrected chi connectivity index (χ4v) is 7.18. The van der Waals surface area contributed by atoms with Crippen molar-refractivity contribution in [1.29, 1.82) is 0 Å². The van der Waals surface area contributed by atoms with Gasteiger partial charge in [-0.25, -0.2) is 4.98 Å². The minimum absolute atomic E-state index is 0.00935. The summed E-state index contributed by atoms with van der Waals surface area (Å²) in [5.41, 5.74) is 2.99. The molecule has 0 fully saturated rings. The fraction of sp³-hybridized carbons (Fsp3) is 0.321. The number of thioether (sulfide) groups is 1. The van der Waals surface area contributed by atoms with E-state index in [1.54, 1.807) is 45.1 Å². The Bertz CT molecular complexity index is 1430. The maximum absolute atomic E-state index is 13.9. The van der Waals surface area contributed by atoms with Crippen LogP contribution in [0.15, 0.2) is 64.5 Å². The summed E-state index contributed by atoms with van der Waals surface area (Å²) in [5, 5.41) is 2.00. The highest BCUT2D eigenvalue weighted by atomic mass is 35.5. The van der Waals surface area contributed by atoms with Crippen molar-refractivity contribution in [2.45, 2.75) is 44.4 Å². The maximum Gasteiger partial charge on any atom is 0.263 e. The summed E-state index contributed by atoms with van der Waals surface area (Å²) in [4.78, 5) is 35.4. The van der Waals surface area contributed by atoms with Gasteiger partial charge in [-0.3, -0.25) is 14.2 Å². The smallest absolute Gasteiger partial charge is 0.263 e. The summed E-state index contributed by atoms with van der Waals surface area (Å²) >= 11 is 8.97. The Labute approximate surface area is 224 Å². The molecule has 1 aliphatic rings.